The first-order chi connectivity index (χ1) is 11.0. The maximum absolute atomic E-state index is 6.09. The van der Waals surface area contributed by atoms with Gasteiger partial charge in [-0.2, -0.15) is 0 Å². The maximum Gasteiger partial charge on any atom is 0.145 e. The Hall–Kier alpha value is -1.36. The van der Waals surface area contributed by atoms with Crippen molar-refractivity contribution in [2.75, 3.05) is 5.73 Å². The number of nitrogen functional groups attached to an aromatic ring is 1. The van der Waals surface area contributed by atoms with Gasteiger partial charge in [-0.15, -0.1) is 0 Å². The number of halogens is 2. The fraction of sp³-hybridized carbons (Fsp3) is 0.0526. The number of rotatable bonds is 3. The first-order valence-electron chi connectivity index (χ1n) is 7.39. The van der Waals surface area contributed by atoms with Crippen LogP contribution in [0.1, 0.15) is 0 Å². The Balaban J connectivity index is 2.29. The van der Waals surface area contributed by atoms with Gasteiger partial charge in [-0.1, -0.05) is 67.2 Å². The van der Waals surface area contributed by atoms with Crippen LogP contribution in [0.3, 0.4) is 0 Å². The Kier molecular flexibility index (Phi) is 4.76. The van der Waals surface area contributed by atoms with Gasteiger partial charge in [0.25, 0.3) is 0 Å². The van der Waals surface area contributed by atoms with Crippen molar-refractivity contribution < 1.29 is 0 Å². The van der Waals surface area contributed by atoms with E-state index in [0.717, 1.165) is 14.6 Å². The van der Waals surface area contributed by atoms with Crippen molar-refractivity contribution in [2.45, 2.75) is 6.55 Å². The van der Waals surface area contributed by atoms with Gasteiger partial charge >= 0.3 is 0 Å². The van der Waals surface area contributed by atoms with Crippen molar-refractivity contribution in [3.8, 4) is 0 Å². The molecular weight excluding hydrogens is 430 g/mol. The van der Waals surface area contributed by atoms with Crippen LogP contribution in [0.5, 0.6) is 0 Å². The fourth-order valence-electron chi connectivity index (χ4n) is 2.92. The van der Waals surface area contributed by atoms with Crippen LogP contribution < -0.4 is 21.3 Å². The van der Waals surface area contributed by atoms with Gasteiger partial charge < -0.3 is 5.73 Å². The molecule has 1 nitrogen and oxygen atoms in total. The molecular formula is C19H17Br2NSi. The molecule has 0 aromatic heterocycles. The Morgan fingerprint density at radius 2 is 1.09 bits per heavy atom. The molecule has 0 spiro atoms. The van der Waals surface area contributed by atoms with Gasteiger partial charge in [0.15, 0.2) is 0 Å². The lowest BCUT2D eigenvalue weighted by atomic mass is 10.3. The molecule has 3 rings (SSSR count). The summed E-state index contributed by atoms with van der Waals surface area (Å²) in [5, 5.41) is 4.09. The van der Waals surface area contributed by atoms with Crippen LogP contribution in [-0.4, -0.2) is 8.07 Å². The lowest BCUT2D eigenvalue weighted by Gasteiger charge is -2.30. The Morgan fingerprint density at radius 3 is 1.48 bits per heavy atom. The predicted molar refractivity (Wildman–Crippen MR) is 110 cm³/mol. The Bertz CT molecular complexity index is 757. The van der Waals surface area contributed by atoms with E-state index in [1.165, 1.54) is 15.6 Å². The van der Waals surface area contributed by atoms with Gasteiger partial charge in [0.05, 0.1) is 5.69 Å². The van der Waals surface area contributed by atoms with Crippen molar-refractivity contribution in [3.63, 3.8) is 0 Å². The lowest BCUT2D eigenvalue weighted by molar-refractivity contribution is 1.59. The number of benzene rings is 3. The second kappa shape index (κ2) is 6.63. The first-order valence-corrected chi connectivity index (χ1v) is 11.5. The zero-order valence-corrected chi connectivity index (χ0v) is 16.9. The highest BCUT2D eigenvalue weighted by Crippen LogP contribution is 2.27. The standard InChI is InChI=1S/C19H17Br2NSi/c1-23(14-8-4-2-5-9-14,15-10-6-3-7-11-15)16-12-17(20)19(22)18(21)13-16/h2-13H,22H2,1H3. The Labute approximate surface area is 154 Å². The summed E-state index contributed by atoms with van der Waals surface area (Å²) >= 11 is 7.20. The fourth-order valence-corrected chi connectivity index (χ4v) is 8.11. The summed E-state index contributed by atoms with van der Waals surface area (Å²) < 4.78 is 1.87. The molecule has 0 unspecified atom stereocenters. The molecule has 0 aliphatic rings. The largest absolute Gasteiger partial charge is 0.397 e. The van der Waals surface area contributed by atoms with Crippen LogP contribution >= 0.6 is 31.9 Å². The van der Waals surface area contributed by atoms with Crippen LogP contribution in [0, 0.1) is 0 Å². The summed E-state index contributed by atoms with van der Waals surface area (Å²) in [6.45, 7) is 2.39. The molecule has 0 radical (unpaired) electrons. The quantitative estimate of drug-likeness (QED) is 0.368. The third kappa shape index (κ3) is 3.03. The van der Waals surface area contributed by atoms with Crippen LogP contribution in [-0.2, 0) is 0 Å². The van der Waals surface area contributed by atoms with E-state index in [0.29, 0.717) is 0 Å². The van der Waals surface area contributed by atoms with E-state index in [1.54, 1.807) is 0 Å². The van der Waals surface area contributed by atoms with Crippen LogP contribution in [0.4, 0.5) is 5.69 Å². The summed E-state index contributed by atoms with van der Waals surface area (Å²) in [7, 11) is -2.08. The van der Waals surface area contributed by atoms with E-state index < -0.39 is 8.07 Å². The normalized spacial score (nSPS) is 11.4. The molecule has 116 valence electrons. The highest BCUT2D eigenvalue weighted by atomic mass is 79.9. The maximum atomic E-state index is 6.09. The van der Waals surface area contributed by atoms with Crippen molar-refractivity contribution in [2.24, 2.45) is 0 Å². The molecule has 0 bridgehead atoms. The number of anilines is 1. The number of hydrogen-bond donors (Lipinski definition) is 1. The average Bonchev–Trinajstić information content (AvgIpc) is 2.60. The van der Waals surface area contributed by atoms with Gasteiger partial charge in [0.1, 0.15) is 8.07 Å². The molecule has 0 saturated heterocycles. The van der Waals surface area contributed by atoms with Crippen molar-refractivity contribution >= 4 is 61.2 Å². The zero-order chi connectivity index (χ0) is 16.4. The third-order valence-corrected chi connectivity index (χ3v) is 10.1. The molecule has 3 aromatic rings. The Morgan fingerprint density at radius 1 is 0.696 bits per heavy atom. The van der Waals surface area contributed by atoms with Gasteiger partial charge in [-0.3, -0.25) is 0 Å². The van der Waals surface area contributed by atoms with E-state index >= 15 is 0 Å². The minimum Gasteiger partial charge on any atom is -0.397 e. The molecule has 4 heteroatoms. The molecule has 0 saturated carbocycles. The topological polar surface area (TPSA) is 26.0 Å². The first kappa shape index (κ1) is 16.5. The van der Waals surface area contributed by atoms with Gasteiger partial charge in [-0.25, -0.2) is 0 Å². The molecule has 0 aliphatic heterocycles. The summed E-state index contributed by atoms with van der Waals surface area (Å²) in [5.41, 5.74) is 6.83. The third-order valence-electron chi connectivity index (χ3n) is 4.36. The van der Waals surface area contributed by atoms with E-state index in [-0.39, 0.29) is 0 Å². The molecule has 3 aromatic carbocycles. The molecule has 0 fully saturated rings. The van der Waals surface area contributed by atoms with E-state index in [2.05, 4.69) is 111 Å². The number of hydrogen-bond acceptors (Lipinski definition) is 1. The summed E-state index contributed by atoms with van der Waals surface area (Å²) in [5.74, 6) is 0. The predicted octanol–water partition coefficient (Wildman–Crippen LogP) is 3.89. The smallest absolute Gasteiger partial charge is 0.145 e. The minimum absolute atomic E-state index is 0.742. The highest BCUT2D eigenvalue weighted by molar-refractivity contribution is 9.11. The lowest BCUT2D eigenvalue weighted by Crippen LogP contribution is -2.64. The monoisotopic (exact) mass is 445 g/mol. The van der Waals surface area contributed by atoms with E-state index in [9.17, 15) is 0 Å². The molecule has 0 amide bonds. The second-order valence-electron chi connectivity index (χ2n) is 5.71. The van der Waals surface area contributed by atoms with Crippen LogP contribution in [0.25, 0.3) is 0 Å². The molecule has 0 atom stereocenters. The summed E-state index contributed by atoms with van der Waals surface area (Å²) in [4.78, 5) is 0. The number of nitrogens with two attached hydrogens (primary N) is 1. The van der Waals surface area contributed by atoms with E-state index in [1.807, 2.05) is 0 Å². The molecule has 0 aliphatic carbocycles. The van der Waals surface area contributed by atoms with E-state index in [4.69, 9.17) is 5.73 Å². The molecule has 0 heterocycles. The van der Waals surface area contributed by atoms with Crippen LogP contribution in [0.2, 0.25) is 6.55 Å². The SMILES string of the molecule is C[Si](c1ccccc1)(c1ccccc1)c1cc(Br)c(N)c(Br)c1. The summed E-state index contributed by atoms with van der Waals surface area (Å²) in [6, 6.07) is 25.9. The highest BCUT2D eigenvalue weighted by Gasteiger charge is 2.34. The van der Waals surface area contributed by atoms with Gasteiger partial charge in [-0.05, 0) is 59.6 Å². The van der Waals surface area contributed by atoms with Crippen molar-refractivity contribution in [1.29, 1.82) is 0 Å². The average molecular weight is 447 g/mol. The van der Waals surface area contributed by atoms with Gasteiger partial charge in [0, 0.05) is 8.95 Å². The van der Waals surface area contributed by atoms with Crippen LogP contribution in [0.15, 0.2) is 81.7 Å². The van der Waals surface area contributed by atoms with Crippen molar-refractivity contribution in [1.82, 2.24) is 0 Å². The summed E-state index contributed by atoms with van der Waals surface area (Å²) in [6.07, 6.45) is 0. The minimum atomic E-state index is -2.08. The molecule has 23 heavy (non-hydrogen) atoms. The van der Waals surface area contributed by atoms with Gasteiger partial charge in [0.2, 0.25) is 0 Å². The molecule has 2 N–H and O–H groups in total. The second-order valence-corrected chi connectivity index (χ2v) is 11.4. The van der Waals surface area contributed by atoms with Crippen molar-refractivity contribution in [3.05, 3.63) is 81.7 Å². The zero-order valence-electron chi connectivity index (χ0n) is 12.8.